The van der Waals surface area contributed by atoms with Gasteiger partial charge in [0.2, 0.25) is 0 Å². The van der Waals surface area contributed by atoms with E-state index in [0.717, 1.165) is 0 Å². The van der Waals surface area contributed by atoms with Crippen molar-refractivity contribution >= 4 is 51.1 Å². The lowest BCUT2D eigenvalue weighted by atomic mass is 10.5. The van der Waals surface area contributed by atoms with E-state index >= 15 is 0 Å². The van der Waals surface area contributed by atoms with Crippen molar-refractivity contribution in [2.45, 2.75) is 24.6 Å². The molecule has 0 heterocycles. The van der Waals surface area contributed by atoms with Gasteiger partial charge in [0.1, 0.15) is 0 Å². The third-order valence-electron chi connectivity index (χ3n) is 2.77. The summed E-state index contributed by atoms with van der Waals surface area (Å²) in [5, 5.41) is 11.3. The van der Waals surface area contributed by atoms with Crippen molar-refractivity contribution in [1.29, 1.82) is 0 Å². The summed E-state index contributed by atoms with van der Waals surface area (Å²) >= 11 is 16.1. The highest BCUT2D eigenvalue weighted by Crippen LogP contribution is 2.26. The van der Waals surface area contributed by atoms with Crippen LogP contribution in [0.1, 0.15) is 20.8 Å². The molecule has 0 aliphatic rings. The van der Waals surface area contributed by atoms with Crippen LogP contribution >= 0.6 is 34.8 Å². The molecule has 0 aromatic rings. The third-order valence-corrected chi connectivity index (χ3v) is 5.23. The van der Waals surface area contributed by atoms with E-state index in [-0.39, 0.29) is 23.5 Å². The largest absolute Gasteiger partial charge is 0.595 e. The van der Waals surface area contributed by atoms with Gasteiger partial charge in [-0.2, -0.15) is 3.89 Å². The number of alkyl halides is 3. The molecular formula is C9H17Cl3N2O4S. The molecule has 0 amide bonds. The molecule has 0 N–H and O–H groups in total. The van der Waals surface area contributed by atoms with Gasteiger partial charge < -0.3 is 9.84 Å². The van der Waals surface area contributed by atoms with E-state index in [1.807, 2.05) is 0 Å². The van der Waals surface area contributed by atoms with Crippen molar-refractivity contribution < 1.29 is 22.1 Å². The fraction of sp³-hybridized carbons (Fsp3) is 0.889. The lowest BCUT2D eigenvalue weighted by Gasteiger charge is -2.31. The Morgan fingerprint density at radius 3 is 1.95 bits per heavy atom. The van der Waals surface area contributed by atoms with Gasteiger partial charge in [-0.15, -0.1) is 8.42 Å². The van der Waals surface area contributed by atoms with Gasteiger partial charge in [-0.05, 0) is 20.8 Å². The lowest BCUT2D eigenvalue weighted by molar-refractivity contribution is -0.800. The number of ether oxygens (including phenoxy) is 1. The molecule has 0 saturated heterocycles. The molecule has 0 saturated carbocycles. The zero-order chi connectivity index (χ0) is 15.3. The van der Waals surface area contributed by atoms with Crippen LogP contribution in [0.5, 0.6) is 0 Å². The molecule has 0 radical (unpaired) electrons. The van der Waals surface area contributed by atoms with Crippen molar-refractivity contribution in [3.63, 3.8) is 0 Å². The van der Waals surface area contributed by atoms with Crippen LogP contribution in [-0.2, 0) is 14.9 Å². The van der Waals surface area contributed by atoms with Gasteiger partial charge in [-0.1, -0.05) is 39.2 Å². The van der Waals surface area contributed by atoms with Crippen molar-refractivity contribution in [1.82, 2.24) is 0 Å². The molecule has 10 heteroatoms. The quantitative estimate of drug-likeness (QED) is 0.310. The normalized spacial score (nSPS) is 14.5. The average molecular weight is 356 g/mol. The minimum Gasteiger partial charge on any atom is -0.595 e. The molecule has 0 fully saturated rings. The second kappa shape index (κ2) is 7.17. The van der Waals surface area contributed by atoms with Gasteiger partial charge >= 0.3 is 10.2 Å². The minimum atomic E-state index is -4.04. The maximum atomic E-state index is 12.1. The maximum Gasteiger partial charge on any atom is 0.416 e. The molecular weight excluding hydrogens is 339 g/mol. The Morgan fingerprint density at radius 1 is 1.21 bits per heavy atom. The van der Waals surface area contributed by atoms with Crippen LogP contribution in [0.2, 0.25) is 0 Å². The summed E-state index contributed by atoms with van der Waals surface area (Å²) < 4.78 is 29.6. The van der Waals surface area contributed by atoms with Gasteiger partial charge in [0.25, 0.3) is 0 Å². The number of hydrogen-bond acceptors (Lipinski definition) is 4. The molecule has 0 unspecified atom stereocenters. The number of halogens is 3. The SMILES string of the molecule is CC[N+](CC)(CC)S(=O)(=O)/N=C(\[O-])OCC(Cl)(Cl)Cl. The second-order valence-electron chi connectivity index (χ2n) is 3.72. The van der Waals surface area contributed by atoms with E-state index in [1.165, 1.54) is 0 Å². The average Bonchev–Trinajstić information content (AvgIpc) is 2.27. The molecule has 0 aliphatic carbocycles. The lowest BCUT2D eigenvalue weighted by Crippen LogP contribution is -2.51. The van der Waals surface area contributed by atoms with Crippen molar-refractivity contribution in [2.24, 2.45) is 4.40 Å². The van der Waals surface area contributed by atoms with Gasteiger partial charge in [-0.3, -0.25) is 0 Å². The highest BCUT2D eigenvalue weighted by molar-refractivity contribution is 7.84. The molecule has 19 heavy (non-hydrogen) atoms. The van der Waals surface area contributed by atoms with E-state index < -0.39 is 26.7 Å². The Balaban J connectivity index is 5.12. The molecule has 0 atom stereocenters. The van der Waals surface area contributed by atoms with Crippen molar-refractivity contribution in [3.05, 3.63) is 0 Å². The standard InChI is InChI=1S/C9H17Cl3N2O4S/c1-4-14(5-2,6-3)19(16,17)13-8(15)18-7-9(10,11)12/h4-7H2,1-3H3. The predicted molar refractivity (Wildman–Crippen MR) is 74.5 cm³/mol. The van der Waals surface area contributed by atoms with Gasteiger partial charge in [-0.25, -0.2) is 0 Å². The summed E-state index contributed by atoms with van der Waals surface area (Å²) in [5.74, 6) is 0. The third kappa shape index (κ3) is 5.51. The molecule has 114 valence electrons. The Labute approximate surface area is 128 Å². The van der Waals surface area contributed by atoms with Crippen molar-refractivity contribution in [3.8, 4) is 0 Å². The number of nitrogens with zero attached hydrogens (tertiary/aromatic N) is 2. The summed E-state index contributed by atoms with van der Waals surface area (Å²) in [7, 11) is -4.04. The maximum absolute atomic E-state index is 12.1. The Hall–Kier alpha value is 0.0500. The summed E-state index contributed by atoms with van der Waals surface area (Å²) in [5.41, 5.74) is 0. The first-order chi connectivity index (χ1) is 8.53. The summed E-state index contributed by atoms with van der Waals surface area (Å²) in [6, 6.07) is 0. The Bertz CT molecular complexity index is 407. The zero-order valence-electron chi connectivity index (χ0n) is 10.9. The van der Waals surface area contributed by atoms with Crippen LogP contribution in [-0.4, -0.2) is 48.4 Å². The van der Waals surface area contributed by atoms with E-state index in [9.17, 15) is 13.5 Å². The van der Waals surface area contributed by atoms with Crippen LogP contribution in [0.25, 0.3) is 0 Å². The molecule has 0 spiro atoms. The first-order valence-electron chi connectivity index (χ1n) is 5.61. The molecule has 0 aliphatic heterocycles. The highest BCUT2D eigenvalue weighted by Gasteiger charge is 2.37. The fourth-order valence-electron chi connectivity index (χ4n) is 1.51. The monoisotopic (exact) mass is 354 g/mol. The fourth-order valence-corrected chi connectivity index (χ4v) is 3.07. The Morgan fingerprint density at radius 2 is 1.63 bits per heavy atom. The first-order valence-corrected chi connectivity index (χ1v) is 8.14. The molecule has 0 aromatic carbocycles. The van der Waals surface area contributed by atoms with Gasteiger partial charge in [0, 0.05) is 6.61 Å². The summed E-state index contributed by atoms with van der Waals surface area (Å²) in [4.78, 5) is 0. The van der Waals surface area contributed by atoms with Crippen LogP contribution in [0.15, 0.2) is 4.40 Å². The smallest absolute Gasteiger partial charge is 0.416 e. The molecule has 6 nitrogen and oxygen atoms in total. The minimum absolute atomic E-state index is 0.288. The first kappa shape index (κ1) is 19.1. The number of quaternary nitrogens is 1. The topological polar surface area (TPSA) is 78.8 Å². The zero-order valence-corrected chi connectivity index (χ0v) is 14.0. The second-order valence-corrected chi connectivity index (χ2v) is 8.08. The number of rotatable bonds is 6. The summed E-state index contributed by atoms with van der Waals surface area (Å²) in [6.07, 6.45) is -1.29. The Kier molecular flexibility index (Phi) is 7.19. The van der Waals surface area contributed by atoms with Crippen molar-refractivity contribution in [2.75, 3.05) is 26.2 Å². The van der Waals surface area contributed by atoms with E-state index in [2.05, 4.69) is 9.13 Å². The van der Waals surface area contributed by atoms with Crippen LogP contribution in [0.3, 0.4) is 0 Å². The van der Waals surface area contributed by atoms with Crippen LogP contribution < -0.4 is 5.11 Å². The van der Waals surface area contributed by atoms with Crippen LogP contribution in [0.4, 0.5) is 0 Å². The van der Waals surface area contributed by atoms with Gasteiger partial charge in [0.05, 0.1) is 19.6 Å². The molecule has 0 aromatic heterocycles. The number of hydrogen-bond donors (Lipinski definition) is 0. The molecule has 0 rings (SSSR count). The highest BCUT2D eigenvalue weighted by atomic mass is 35.6. The van der Waals surface area contributed by atoms with E-state index in [0.29, 0.717) is 0 Å². The van der Waals surface area contributed by atoms with E-state index in [4.69, 9.17) is 34.8 Å². The predicted octanol–water partition coefficient (Wildman–Crippen LogP) is 1.21. The van der Waals surface area contributed by atoms with E-state index in [1.54, 1.807) is 20.8 Å². The van der Waals surface area contributed by atoms with Gasteiger partial charge in [0.15, 0.2) is 9.88 Å². The summed E-state index contributed by atoms with van der Waals surface area (Å²) in [6.45, 7) is 5.40. The molecule has 0 bridgehead atoms. The van der Waals surface area contributed by atoms with Crippen LogP contribution in [0, 0.1) is 0 Å².